The number of esters is 1. The van der Waals surface area contributed by atoms with E-state index in [1.165, 1.54) is 0 Å². The first-order valence-corrected chi connectivity index (χ1v) is 3.36. The maximum absolute atomic E-state index is 10.9. The highest BCUT2D eigenvalue weighted by molar-refractivity contribution is 5.83. The lowest BCUT2D eigenvalue weighted by Crippen LogP contribution is -2.25. The fourth-order valence-corrected chi connectivity index (χ4v) is 0.380. The van der Waals surface area contributed by atoms with Crippen molar-refractivity contribution < 1.29 is 9.53 Å². The average molecular weight is 143 g/mol. The fraction of sp³-hybridized carbons (Fsp3) is 0.750. The van der Waals surface area contributed by atoms with Crippen molar-refractivity contribution in [3.05, 3.63) is 5.92 Å². The molecule has 0 heterocycles. The molecule has 0 bridgehead atoms. The van der Waals surface area contributed by atoms with Crippen LogP contribution in [0.25, 0.3) is 0 Å². The van der Waals surface area contributed by atoms with Crippen molar-refractivity contribution in [2.45, 2.75) is 40.2 Å². The zero-order chi connectivity index (χ0) is 8.36. The van der Waals surface area contributed by atoms with Gasteiger partial charge in [0, 0.05) is 0 Å². The summed E-state index contributed by atoms with van der Waals surface area (Å²) in [6.45, 7) is 9.05. The number of carbonyl (C=O) groups is 1. The molecule has 0 rings (SSSR count). The van der Waals surface area contributed by atoms with Crippen LogP contribution in [0.4, 0.5) is 0 Å². The second-order valence-corrected chi connectivity index (χ2v) is 3.50. The third-order valence-corrected chi connectivity index (χ3v) is 0.807. The van der Waals surface area contributed by atoms with Crippen LogP contribution < -0.4 is 0 Å². The van der Waals surface area contributed by atoms with Crippen LogP contribution in [0, 0.1) is 5.92 Å². The minimum atomic E-state index is -0.367. The molecule has 0 aliphatic rings. The van der Waals surface area contributed by atoms with Gasteiger partial charge in [-0.2, -0.15) is 0 Å². The van der Waals surface area contributed by atoms with E-state index in [2.05, 4.69) is 0 Å². The van der Waals surface area contributed by atoms with Gasteiger partial charge in [-0.25, -0.2) is 0 Å². The second kappa shape index (κ2) is 3.04. The summed E-state index contributed by atoms with van der Waals surface area (Å²) in [7, 11) is 0. The van der Waals surface area contributed by atoms with E-state index >= 15 is 0 Å². The Morgan fingerprint density at radius 2 is 1.60 bits per heavy atom. The quantitative estimate of drug-likeness (QED) is 0.524. The number of rotatable bonds is 1. The number of hydrogen-bond donors (Lipinski definition) is 0. The Balaban J connectivity index is 3.81. The molecule has 0 aliphatic carbocycles. The summed E-state index contributed by atoms with van der Waals surface area (Å²) < 4.78 is 5.02. The molecular formula is C8H15O2. The van der Waals surface area contributed by atoms with E-state index in [4.69, 9.17) is 4.74 Å². The minimum absolute atomic E-state index is 0.215. The molecule has 0 fully saturated rings. The summed E-state index contributed by atoms with van der Waals surface area (Å²) >= 11 is 0. The van der Waals surface area contributed by atoms with E-state index in [9.17, 15) is 4.79 Å². The summed E-state index contributed by atoms with van der Waals surface area (Å²) in [5.74, 6) is 0.474. The molecule has 0 atom stereocenters. The van der Waals surface area contributed by atoms with Gasteiger partial charge >= 0.3 is 5.97 Å². The van der Waals surface area contributed by atoms with E-state index in [1.807, 2.05) is 20.8 Å². The molecule has 0 aliphatic heterocycles. The Kier molecular flexibility index (Phi) is 2.88. The molecule has 59 valence electrons. The van der Waals surface area contributed by atoms with Gasteiger partial charge in [0.1, 0.15) is 5.60 Å². The minimum Gasteiger partial charge on any atom is -0.460 e. The zero-order valence-electron chi connectivity index (χ0n) is 7.32. The van der Waals surface area contributed by atoms with Crippen molar-refractivity contribution in [1.82, 2.24) is 0 Å². The Labute approximate surface area is 62.6 Å². The highest BCUT2D eigenvalue weighted by Crippen LogP contribution is 2.10. The van der Waals surface area contributed by atoms with Gasteiger partial charge in [0.25, 0.3) is 0 Å². The third-order valence-electron chi connectivity index (χ3n) is 0.807. The van der Waals surface area contributed by atoms with Gasteiger partial charge in [-0.3, -0.25) is 4.79 Å². The van der Waals surface area contributed by atoms with Crippen molar-refractivity contribution in [3.63, 3.8) is 0 Å². The van der Waals surface area contributed by atoms with Gasteiger partial charge < -0.3 is 4.74 Å². The summed E-state index contributed by atoms with van der Waals surface area (Å²) in [5.41, 5.74) is -0.367. The molecule has 10 heavy (non-hydrogen) atoms. The zero-order valence-corrected chi connectivity index (χ0v) is 7.32. The summed E-state index contributed by atoms with van der Waals surface area (Å²) in [6.07, 6.45) is 0. The van der Waals surface area contributed by atoms with Crippen LogP contribution in [0.5, 0.6) is 0 Å². The molecule has 1 radical (unpaired) electrons. The van der Waals surface area contributed by atoms with Gasteiger partial charge in [0.2, 0.25) is 0 Å². The first-order valence-electron chi connectivity index (χ1n) is 3.36. The lowest BCUT2D eigenvalue weighted by atomic mass is 10.1. The molecule has 0 N–H and O–H groups in total. The topological polar surface area (TPSA) is 26.3 Å². The number of hydrogen-bond acceptors (Lipinski definition) is 2. The maximum atomic E-state index is 10.9. The second-order valence-electron chi connectivity index (χ2n) is 3.50. The average Bonchev–Trinajstić information content (AvgIpc) is 1.60. The van der Waals surface area contributed by atoms with E-state index in [0.29, 0.717) is 5.92 Å². The molecule has 0 aromatic carbocycles. The van der Waals surface area contributed by atoms with Gasteiger partial charge in [-0.15, -0.1) is 0 Å². The van der Waals surface area contributed by atoms with Crippen LogP contribution in [0.15, 0.2) is 0 Å². The smallest absolute Gasteiger partial charge is 0.313 e. The number of ether oxygens (including phenoxy) is 1. The molecule has 2 heteroatoms. The van der Waals surface area contributed by atoms with Crippen LogP contribution in [-0.2, 0) is 9.53 Å². The van der Waals surface area contributed by atoms with Crippen molar-refractivity contribution in [1.29, 1.82) is 0 Å². The van der Waals surface area contributed by atoms with Crippen molar-refractivity contribution in [2.75, 3.05) is 0 Å². The standard InChI is InChI=1S/C8H15O2/c1-6(2)7(9)10-8(3,4)5/h1-5H3. The lowest BCUT2D eigenvalue weighted by Gasteiger charge is -2.20. The largest absolute Gasteiger partial charge is 0.460 e. The highest BCUT2D eigenvalue weighted by Gasteiger charge is 2.18. The molecular weight excluding hydrogens is 128 g/mol. The Hall–Kier alpha value is -0.530. The van der Waals surface area contributed by atoms with Crippen LogP contribution in [-0.4, -0.2) is 11.6 Å². The molecule has 0 unspecified atom stereocenters. The van der Waals surface area contributed by atoms with Gasteiger partial charge in [0.05, 0.1) is 5.92 Å². The first kappa shape index (κ1) is 9.47. The van der Waals surface area contributed by atoms with Crippen molar-refractivity contribution >= 4 is 5.97 Å². The highest BCUT2D eigenvalue weighted by atomic mass is 16.6. The molecule has 2 nitrogen and oxygen atoms in total. The predicted octanol–water partition coefficient (Wildman–Crippen LogP) is 1.94. The van der Waals surface area contributed by atoms with Crippen molar-refractivity contribution in [2.24, 2.45) is 0 Å². The summed E-state index contributed by atoms with van der Waals surface area (Å²) in [5, 5.41) is 0. The fourth-order valence-electron chi connectivity index (χ4n) is 0.380. The molecule has 0 spiro atoms. The molecule has 0 aromatic heterocycles. The Bertz CT molecular complexity index is 120. The SMILES string of the molecule is C[C](C)C(=O)OC(C)(C)C. The maximum Gasteiger partial charge on any atom is 0.313 e. The predicted molar refractivity (Wildman–Crippen MR) is 40.4 cm³/mol. The normalized spacial score (nSPS) is 11.8. The monoisotopic (exact) mass is 143 g/mol. The summed E-state index contributed by atoms with van der Waals surface area (Å²) in [4.78, 5) is 10.9. The Morgan fingerprint density at radius 3 is 1.70 bits per heavy atom. The van der Waals surface area contributed by atoms with Gasteiger partial charge in [-0.05, 0) is 34.6 Å². The van der Waals surface area contributed by atoms with Crippen molar-refractivity contribution in [3.8, 4) is 0 Å². The van der Waals surface area contributed by atoms with Gasteiger partial charge in [-0.1, -0.05) is 0 Å². The van der Waals surface area contributed by atoms with Gasteiger partial charge in [0.15, 0.2) is 0 Å². The third kappa shape index (κ3) is 4.36. The van der Waals surface area contributed by atoms with Crippen LogP contribution in [0.2, 0.25) is 0 Å². The molecule has 0 amide bonds. The molecule has 0 saturated heterocycles. The number of carbonyl (C=O) groups excluding carboxylic acids is 1. The summed E-state index contributed by atoms with van der Waals surface area (Å²) in [6, 6.07) is 0. The van der Waals surface area contributed by atoms with E-state index < -0.39 is 0 Å². The first-order chi connectivity index (χ1) is 4.33. The molecule has 0 aromatic rings. The molecule has 0 saturated carbocycles. The Morgan fingerprint density at radius 1 is 1.20 bits per heavy atom. The van der Waals surface area contributed by atoms with E-state index in [0.717, 1.165) is 0 Å². The van der Waals surface area contributed by atoms with E-state index in [-0.39, 0.29) is 11.6 Å². The van der Waals surface area contributed by atoms with Crippen LogP contribution in [0.3, 0.4) is 0 Å². The van der Waals surface area contributed by atoms with Crippen LogP contribution >= 0.6 is 0 Å². The lowest BCUT2D eigenvalue weighted by molar-refractivity contribution is -0.152. The van der Waals surface area contributed by atoms with E-state index in [1.54, 1.807) is 13.8 Å². The van der Waals surface area contributed by atoms with Crippen LogP contribution in [0.1, 0.15) is 34.6 Å².